The molecule has 0 atom stereocenters. The molecule has 1 N–H and O–H groups in total. The summed E-state index contributed by atoms with van der Waals surface area (Å²) < 4.78 is 10.4. The highest BCUT2D eigenvalue weighted by Crippen LogP contribution is 2.47. The van der Waals surface area contributed by atoms with E-state index < -0.39 is 0 Å². The lowest BCUT2D eigenvalue weighted by Crippen LogP contribution is -2.32. The fraction of sp³-hybridized carbons (Fsp3) is 0.316. The molecule has 1 amide bonds. The minimum Gasteiger partial charge on any atom is -0.493 e. The maximum Gasteiger partial charge on any atom is 0.251 e. The fourth-order valence-electron chi connectivity index (χ4n) is 2.84. The van der Waals surface area contributed by atoms with Crippen molar-refractivity contribution >= 4 is 5.91 Å². The van der Waals surface area contributed by atoms with Crippen LogP contribution in [0.1, 0.15) is 28.8 Å². The van der Waals surface area contributed by atoms with Crippen molar-refractivity contribution in [2.75, 3.05) is 20.8 Å². The molecule has 0 spiro atoms. The SMILES string of the molecule is COc1ccc(C(=O)NCC2(c3ccccc3)CC2)cc1OC. The van der Waals surface area contributed by atoms with Crippen LogP contribution in [0.3, 0.4) is 0 Å². The lowest BCUT2D eigenvalue weighted by Gasteiger charge is -2.17. The first-order valence-electron chi connectivity index (χ1n) is 7.74. The molecule has 1 aliphatic rings. The summed E-state index contributed by atoms with van der Waals surface area (Å²) in [5.41, 5.74) is 1.98. The Balaban J connectivity index is 1.68. The van der Waals surface area contributed by atoms with Crippen LogP contribution in [0.4, 0.5) is 0 Å². The van der Waals surface area contributed by atoms with Gasteiger partial charge in [0.15, 0.2) is 11.5 Å². The molecule has 0 radical (unpaired) electrons. The van der Waals surface area contributed by atoms with Gasteiger partial charge in [-0.3, -0.25) is 4.79 Å². The lowest BCUT2D eigenvalue weighted by atomic mass is 9.96. The standard InChI is InChI=1S/C19H21NO3/c1-22-16-9-8-14(12-17(16)23-2)18(21)20-13-19(10-11-19)15-6-4-3-5-7-15/h3-9,12H,10-11,13H2,1-2H3,(H,20,21). The van der Waals surface area contributed by atoms with E-state index in [1.165, 1.54) is 5.56 Å². The van der Waals surface area contributed by atoms with Gasteiger partial charge in [-0.25, -0.2) is 0 Å². The quantitative estimate of drug-likeness (QED) is 0.891. The Bertz CT molecular complexity index is 693. The highest BCUT2D eigenvalue weighted by Gasteiger charge is 2.44. The minimum absolute atomic E-state index is 0.0897. The van der Waals surface area contributed by atoms with E-state index in [4.69, 9.17) is 9.47 Å². The van der Waals surface area contributed by atoms with Crippen LogP contribution >= 0.6 is 0 Å². The number of ether oxygens (including phenoxy) is 2. The lowest BCUT2D eigenvalue weighted by molar-refractivity contribution is 0.0949. The smallest absolute Gasteiger partial charge is 0.251 e. The van der Waals surface area contributed by atoms with E-state index in [1.54, 1.807) is 32.4 Å². The summed E-state index contributed by atoms with van der Waals surface area (Å²) in [5.74, 6) is 1.09. The molecular formula is C19H21NO3. The van der Waals surface area contributed by atoms with Crippen LogP contribution in [0.25, 0.3) is 0 Å². The molecule has 1 fully saturated rings. The molecule has 2 aromatic rings. The van der Waals surface area contributed by atoms with Crippen LogP contribution in [0.2, 0.25) is 0 Å². The van der Waals surface area contributed by atoms with Crippen LogP contribution in [-0.2, 0) is 5.41 Å². The molecule has 4 heteroatoms. The maximum absolute atomic E-state index is 12.4. The minimum atomic E-state index is -0.0897. The number of methoxy groups -OCH3 is 2. The summed E-state index contributed by atoms with van der Waals surface area (Å²) in [4.78, 5) is 12.4. The molecule has 0 saturated heterocycles. The van der Waals surface area contributed by atoms with Crippen molar-refractivity contribution < 1.29 is 14.3 Å². The van der Waals surface area contributed by atoms with Crippen molar-refractivity contribution in [1.29, 1.82) is 0 Å². The first-order chi connectivity index (χ1) is 11.2. The van der Waals surface area contributed by atoms with Crippen molar-refractivity contribution in [3.05, 3.63) is 59.7 Å². The molecule has 3 rings (SSSR count). The number of hydrogen-bond acceptors (Lipinski definition) is 3. The number of benzene rings is 2. The Morgan fingerprint density at radius 2 is 1.74 bits per heavy atom. The van der Waals surface area contributed by atoms with E-state index in [0.717, 1.165) is 12.8 Å². The predicted molar refractivity (Wildman–Crippen MR) is 89.2 cm³/mol. The van der Waals surface area contributed by atoms with Crippen LogP contribution in [-0.4, -0.2) is 26.7 Å². The van der Waals surface area contributed by atoms with Crippen LogP contribution in [0.15, 0.2) is 48.5 Å². The number of amides is 1. The Morgan fingerprint density at radius 1 is 1.04 bits per heavy atom. The summed E-state index contributed by atoms with van der Waals surface area (Å²) in [6.07, 6.45) is 2.23. The van der Waals surface area contributed by atoms with Crippen molar-refractivity contribution in [3.63, 3.8) is 0 Å². The van der Waals surface area contributed by atoms with Gasteiger partial charge < -0.3 is 14.8 Å². The molecule has 1 saturated carbocycles. The van der Waals surface area contributed by atoms with E-state index in [0.29, 0.717) is 23.6 Å². The first kappa shape index (κ1) is 15.4. The third kappa shape index (κ3) is 3.16. The van der Waals surface area contributed by atoms with Gasteiger partial charge in [-0.2, -0.15) is 0 Å². The largest absolute Gasteiger partial charge is 0.493 e. The Morgan fingerprint density at radius 3 is 2.35 bits per heavy atom. The molecular weight excluding hydrogens is 290 g/mol. The van der Waals surface area contributed by atoms with E-state index in [-0.39, 0.29) is 11.3 Å². The second-order valence-electron chi connectivity index (χ2n) is 5.90. The van der Waals surface area contributed by atoms with Crippen molar-refractivity contribution in [3.8, 4) is 11.5 Å². The van der Waals surface area contributed by atoms with Crippen molar-refractivity contribution in [2.45, 2.75) is 18.3 Å². The zero-order valence-corrected chi connectivity index (χ0v) is 13.5. The molecule has 0 aliphatic heterocycles. The summed E-state index contributed by atoms with van der Waals surface area (Å²) in [5, 5.41) is 3.05. The molecule has 0 bridgehead atoms. The van der Waals surface area contributed by atoms with Crippen LogP contribution < -0.4 is 14.8 Å². The molecule has 0 heterocycles. The zero-order valence-electron chi connectivity index (χ0n) is 13.5. The van der Waals surface area contributed by atoms with Gasteiger partial charge in [0, 0.05) is 17.5 Å². The van der Waals surface area contributed by atoms with Gasteiger partial charge in [-0.1, -0.05) is 30.3 Å². The Labute approximate surface area is 136 Å². The summed E-state index contributed by atoms with van der Waals surface area (Å²) in [6, 6.07) is 15.6. The Kier molecular flexibility index (Phi) is 4.24. The van der Waals surface area contributed by atoms with E-state index in [1.807, 2.05) is 18.2 Å². The molecule has 0 aromatic heterocycles. The number of carbonyl (C=O) groups is 1. The first-order valence-corrected chi connectivity index (χ1v) is 7.74. The fourth-order valence-corrected chi connectivity index (χ4v) is 2.84. The summed E-state index contributed by atoms with van der Waals surface area (Å²) in [7, 11) is 3.14. The number of carbonyl (C=O) groups excluding carboxylic acids is 1. The third-order valence-electron chi connectivity index (χ3n) is 4.47. The van der Waals surface area contributed by atoms with Crippen molar-refractivity contribution in [1.82, 2.24) is 5.32 Å². The second-order valence-corrected chi connectivity index (χ2v) is 5.90. The summed E-state index contributed by atoms with van der Waals surface area (Å²) >= 11 is 0. The molecule has 120 valence electrons. The number of hydrogen-bond donors (Lipinski definition) is 1. The van der Waals surface area contributed by atoms with E-state index >= 15 is 0 Å². The van der Waals surface area contributed by atoms with Gasteiger partial charge >= 0.3 is 0 Å². The average molecular weight is 311 g/mol. The van der Waals surface area contributed by atoms with Crippen LogP contribution in [0.5, 0.6) is 11.5 Å². The highest BCUT2D eigenvalue weighted by molar-refractivity contribution is 5.95. The highest BCUT2D eigenvalue weighted by atomic mass is 16.5. The predicted octanol–water partition coefficient (Wildman–Crippen LogP) is 3.17. The van der Waals surface area contributed by atoms with Gasteiger partial charge in [-0.05, 0) is 36.6 Å². The molecule has 0 unspecified atom stereocenters. The van der Waals surface area contributed by atoms with Gasteiger partial charge in [0.1, 0.15) is 0 Å². The van der Waals surface area contributed by atoms with Gasteiger partial charge in [0.2, 0.25) is 0 Å². The molecule has 2 aromatic carbocycles. The molecule has 4 nitrogen and oxygen atoms in total. The van der Waals surface area contributed by atoms with Gasteiger partial charge in [0.25, 0.3) is 5.91 Å². The second kappa shape index (κ2) is 6.32. The van der Waals surface area contributed by atoms with Crippen LogP contribution in [0, 0.1) is 0 Å². The normalized spacial score (nSPS) is 14.9. The van der Waals surface area contributed by atoms with Gasteiger partial charge in [-0.15, -0.1) is 0 Å². The van der Waals surface area contributed by atoms with Gasteiger partial charge in [0.05, 0.1) is 14.2 Å². The summed E-state index contributed by atoms with van der Waals surface area (Å²) in [6.45, 7) is 0.657. The molecule has 23 heavy (non-hydrogen) atoms. The number of rotatable bonds is 6. The van der Waals surface area contributed by atoms with E-state index in [2.05, 4.69) is 17.4 Å². The third-order valence-corrected chi connectivity index (χ3v) is 4.47. The number of nitrogens with one attached hydrogen (secondary N) is 1. The van der Waals surface area contributed by atoms with Crippen molar-refractivity contribution in [2.24, 2.45) is 0 Å². The Hall–Kier alpha value is -2.49. The zero-order chi connectivity index (χ0) is 16.3. The molecule has 1 aliphatic carbocycles. The monoisotopic (exact) mass is 311 g/mol. The maximum atomic E-state index is 12.4. The topological polar surface area (TPSA) is 47.6 Å². The van der Waals surface area contributed by atoms with E-state index in [9.17, 15) is 4.79 Å². The average Bonchev–Trinajstić information content (AvgIpc) is 3.41.